The molecule has 15 heavy (non-hydrogen) atoms. The van der Waals surface area contributed by atoms with E-state index in [0.717, 1.165) is 18.0 Å². The van der Waals surface area contributed by atoms with Gasteiger partial charge in [-0.25, -0.2) is 0 Å². The largest absolute Gasteiger partial charge is 0.300 e. The number of nitrogens with one attached hydrogen (secondary N) is 1. The van der Waals surface area contributed by atoms with E-state index < -0.39 is 5.54 Å². The quantitative estimate of drug-likeness (QED) is 0.851. The van der Waals surface area contributed by atoms with Gasteiger partial charge in [-0.3, -0.25) is 5.32 Å². The Labute approximate surface area is 95.9 Å². The Balaban J connectivity index is 2.39. The maximum Gasteiger partial charge on any atom is 0.101 e. The first-order valence-electron chi connectivity index (χ1n) is 4.94. The number of hydrogen-bond acceptors (Lipinski definition) is 2. The summed E-state index contributed by atoms with van der Waals surface area (Å²) in [5.74, 6) is 0. The van der Waals surface area contributed by atoms with Crippen molar-refractivity contribution in [3.05, 3.63) is 34.9 Å². The van der Waals surface area contributed by atoms with Crippen LogP contribution in [0.1, 0.15) is 19.4 Å². The molecule has 0 bridgehead atoms. The van der Waals surface area contributed by atoms with Crippen LogP contribution in [0.4, 0.5) is 0 Å². The number of nitriles is 1. The molecule has 0 aliphatic carbocycles. The van der Waals surface area contributed by atoms with Gasteiger partial charge in [0.1, 0.15) is 5.54 Å². The average molecular weight is 223 g/mol. The van der Waals surface area contributed by atoms with Gasteiger partial charge in [-0.2, -0.15) is 5.26 Å². The van der Waals surface area contributed by atoms with Crippen molar-refractivity contribution in [2.24, 2.45) is 0 Å². The molecular weight excluding hydrogens is 208 g/mol. The van der Waals surface area contributed by atoms with Crippen molar-refractivity contribution >= 4 is 11.6 Å². The lowest BCUT2D eigenvalue weighted by molar-refractivity contribution is 0.490. The van der Waals surface area contributed by atoms with Crippen LogP contribution < -0.4 is 5.32 Å². The molecule has 0 aliphatic rings. The minimum atomic E-state index is -0.452. The Morgan fingerprint density at radius 1 is 1.33 bits per heavy atom. The number of hydrogen-bond donors (Lipinski definition) is 1. The summed E-state index contributed by atoms with van der Waals surface area (Å²) in [6.45, 7) is 4.53. The van der Waals surface area contributed by atoms with Crippen LogP contribution >= 0.6 is 11.6 Å². The van der Waals surface area contributed by atoms with E-state index in [1.165, 1.54) is 5.56 Å². The van der Waals surface area contributed by atoms with E-state index in [4.69, 9.17) is 16.9 Å². The van der Waals surface area contributed by atoms with Gasteiger partial charge in [0.2, 0.25) is 0 Å². The second kappa shape index (κ2) is 5.16. The van der Waals surface area contributed by atoms with Crippen LogP contribution in [0, 0.1) is 11.3 Å². The highest BCUT2D eigenvalue weighted by molar-refractivity contribution is 6.30. The number of benzene rings is 1. The van der Waals surface area contributed by atoms with Gasteiger partial charge in [0.15, 0.2) is 0 Å². The Morgan fingerprint density at radius 2 is 1.93 bits per heavy atom. The predicted octanol–water partition coefficient (Wildman–Crippen LogP) is 2.77. The third-order valence-corrected chi connectivity index (χ3v) is 2.43. The van der Waals surface area contributed by atoms with Crippen LogP contribution in [0.25, 0.3) is 0 Å². The van der Waals surface area contributed by atoms with Crippen molar-refractivity contribution in [3.63, 3.8) is 0 Å². The molecule has 80 valence electrons. The number of rotatable bonds is 4. The highest BCUT2D eigenvalue weighted by atomic mass is 35.5. The fourth-order valence-electron chi connectivity index (χ4n) is 1.21. The molecule has 0 aliphatic heterocycles. The second-order valence-corrected chi connectivity index (χ2v) is 4.48. The van der Waals surface area contributed by atoms with Gasteiger partial charge < -0.3 is 0 Å². The van der Waals surface area contributed by atoms with Gasteiger partial charge in [-0.1, -0.05) is 23.7 Å². The van der Waals surface area contributed by atoms with Gasteiger partial charge >= 0.3 is 0 Å². The average Bonchev–Trinajstić information content (AvgIpc) is 2.21. The monoisotopic (exact) mass is 222 g/mol. The van der Waals surface area contributed by atoms with E-state index in [1.807, 2.05) is 38.1 Å². The molecule has 0 spiro atoms. The first-order valence-corrected chi connectivity index (χ1v) is 5.32. The SMILES string of the molecule is CC(C)(C#N)NCCc1ccc(Cl)cc1. The highest BCUT2D eigenvalue weighted by Gasteiger charge is 2.13. The molecule has 0 fully saturated rings. The fraction of sp³-hybridized carbons (Fsp3) is 0.417. The second-order valence-electron chi connectivity index (χ2n) is 4.04. The Bertz CT molecular complexity index is 349. The lowest BCUT2D eigenvalue weighted by Gasteiger charge is -2.17. The van der Waals surface area contributed by atoms with E-state index in [0.29, 0.717) is 0 Å². The molecule has 3 heteroatoms. The first kappa shape index (κ1) is 12.0. The summed E-state index contributed by atoms with van der Waals surface area (Å²) in [6, 6.07) is 9.97. The Hall–Kier alpha value is -1.04. The molecule has 0 amide bonds. The molecule has 2 nitrogen and oxygen atoms in total. The molecule has 1 aromatic rings. The molecule has 0 saturated carbocycles. The zero-order valence-corrected chi connectivity index (χ0v) is 9.80. The summed E-state index contributed by atoms with van der Waals surface area (Å²) >= 11 is 5.78. The van der Waals surface area contributed by atoms with Crippen LogP contribution in [0.5, 0.6) is 0 Å². The molecule has 0 saturated heterocycles. The Kier molecular flexibility index (Phi) is 4.14. The molecular formula is C12H15ClN2. The number of halogens is 1. The third kappa shape index (κ3) is 4.33. The standard InChI is InChI=1S/C12H15ClN2/c1-12(2,9-14)15-8-7-10-3-5-11(13)6-4-10/h3-6,15H,7-8H2,1-2H3. The summed E-state index contributed by atoms with van der Waals surface area (Å²) in [7, 11) is 0. The molecule has 1 N–H and O–H groups in total. The van der Waals surface area contributed by atoms with Gasteiger partial charge in [-0.05, 0) is 38.0 Å². The first-order chi connectivity index (χ1) is 7.03. The van der Waals surface area contributed by atoms with Gasteiger partial charge in [-0.15, -0.1) is 0 Å². The molecule has 0 heterocycles. The molecule has 0 atom stereocenters. The summed E-state index contributed by atoms with van der Waals surface area (Å²) in [6.07, 6.45) is 0.905. The minimum absolute atomic E-state index is 0.452. The van der Waals surface area contributed by atoms with Crippen LogP contribution in [-0.4, -0.2) is 12.1 Å². The molecule has 0 aromatic heterocycles. The van der Waals surface area contributed by atoms with Crippen LogP contribution in [0.15, 0.2) is 24.3 Å². The van der Waals surface area contributed by atoms with Gasteiger partial charge in [0.25, 0.3) is 0 Å². The lowest BCUT2D eigenvalue weighted by atomic mass is 10.1. The van der Waals surface area contributed by atoms with E-state index >= 15 is 0 Å². The van der Waals surface area contributed by atoms with E-state index in [2.05, 4.69) is 11.4 Å². The smallest absolute Gasteiger partial charge is 0.101 e. The molecule has 0 radical (unpaired) electrons. The topological polar surface area (TPSA) is 35.8 Å². The van der Waals surface area contributed by atoms with Crippen molar-refractivity contribution in [3.8, 4) is 6.07 Å². The van der Waals surface area contributed by atoms with E-state index in [1.54, 1.807) is 0 Å². The predicted molar refractivity (Wildman–Crippen MR) is 62.9 cm³/mol. The molecule has 0 unspecified atom stereocenters. The van der Waals surface area contributed by atoms with Crippen molar-refractivity contribution in [2.45, 2.75) is 25.8 Å². The lowest BCUT2D eigenvalue weighted by Crippen LogP contribution is -2.38. The molecule has 1 rings (SSSR count). The summed E-state index contributed by atoms with van der Waals surface area (Å²) in [4.78, 5) is 0. The summed E-state index contributed by atoms with van der Waals surface area (Å²) in [5.41, 5.74) is 0.771. The third-order valence-electron chi connectivity index (χ3n) is 2.17. The van der Waals surface area contributed by atoms with Crippen LogP contribution in [0.3, 0.4) is 0 Å². The van der Waals surface area contributed by atoms with Gasteiger partial charge in [0.05, 0.1) is 6.07 Å². The fourth-order valence-corrected chi connectivity index (χ4v) is 1.34. The maximum absolute atomic E-state index is 8.80. The van der Waals surface area contributed by atoms with Crippen molar-refractivity contribution < 1.29 is 0 Å². The molecule has 1 aromatic carbocycles. The normalized spacial score (nSPS) is 11.1. The van der Waals surface area contributed by atoms with Gasteiger partial charge in [0, 0.05) is 11.6 Å². The van der Waals surface area contributed by atoms with Crippen molar-refractivity contribution in [1.82, 2.24) is 5.32 Å². The van der Waals surface area contributed by atoms with Crippen LogP contribution in [0.2, 0.25) is 5.02 Å². The van der Waals surface area contributed by atoms with Crippen LogP contribution in [-0.2, 0) is 6.42 Å². The summed E-state index contributed by atoms with van der Waals surface area (Å²) in [5, 5.41) is 12.7. The Morgan fingerprint density at radius 3 is 2.47 bits per heavy atom. The highest BCUT2D eigenvalue weighted by Crippen LogP contribution is 2.09. The van der Waals surface area contributed by atoms with Crippen molar-refractivity contribution in [2.75, 3.05) is 6.54 Å². The maximum atomic E-state index is 8.80. The summed E-state index contributed by atoms with van der Waals surface area (Å²) < 4.78 is 0. The zero-order chi connectivity index (χ0) is 11.3. The van der Waals surface area contributed by atoms with E-state index in [9.17, 15) is 0 Å². The zero-order valence-electron chi connectivity index (χ0n) is 9.05. The van der Waals surface area contributed by atoms with E-state index in [-0.39, 0.29) is 0 Å². The number of nitrogens with zero attached hydrogens (tertiary/aromatic N) is 1. The minimum Gasteiger partial charge on any atom is -0.300 e. The van der Waals surface area contributed by atoms with Crippen molar-refractivity contribution in [1.29, 1.82) is 5.26 Å².